The number of nitrogens with one attached hydrogen (secondary N) is 1. The van der Waals surface area contributed by atoms with Crippen LogP contribution in [0.1, 0.15) is 20.3 Å². The van der Waals surface area contributed by atoms with Crippen LogP contribution < -0.4 is 5.32 Å². The van der Waals surface area contributed by atoms with Gasteiger partial charge in [-0.3, -0.25) is 9.59 Å². The van der Waals surface area contributed by atoms with Crippen molar-refractivity contribution in [1.82, 2.24) is 25.1 Å². The van der Waals surface area contributed by atoms with Crippen LogP contribution in [-0.2, 0) is 9.59 Å². The number of benzene rings is 1. The summed E-state index contributed by atoms with van der Waals surface area (Å²) in [4.78, 5) is 26.2. The molecular formula is C16H20N6O2. The van der Waals surface area contributed by atoms with Gasteiger partial charge in [0.15, 0.2) is 0 Å². The Balaban J connectivity index is 1.65. The number of rotatable bonds is 5. The summed E-state index contributed by atoms with van der Waals surface area (Å²) in [7, 11) is 0. The number of carbonyl (C=O) groups excluding carboxylic acids is 2. The van der Waals surface area contributed by atoms with Gasteiger partial charge in [-0.2, -0.15) is 0 Å². The fraction of sp³-hybridized carbons (Fsp3) is 0.438. The minimum absolute atomic E-state index is 0.0475. The molecular weight excluding hydrogens is 308 g/mol. The molecule has 0 spiro atoms. The number of hydrogen-bond acceptors (Lipinski definition) is 5. The topological polar surface area (TPSA) is 93.0 Å². The molecule has 1 saturated heterocycles. The second-order valence-corrected chi connectivity index (χ2v) is 6.39. The monoisotopic (exact) mass is 328 g/mol. The van der Waals surface area contributed by atoms with E-state index < -0.39 is 0 Å². The fourth-order valence-electron chi connectivity index (χ4n) is 2.82. The SMILES string of the molecule is CC(C)CN1C[C@H](C(=O)Nc2cccc(-n3cnnn3)c2)CC1=O. The van der Waals surface area contributed by atoms with E-state index in [9.17, 15) is 9.59 Å². The van der Waals surface area contributed by atoms with Gasteiger partial charge in [0.05, 0.1) is 11.6 Å². The van der Waals surface area contributed by atoms with Crippen LogP contribution >= 0.6 is 0 Å². The lowest BCUT2D eigenvalue weighted by molar-refractivity contribution is -0.128. The maximum absolute atomic E-state index is 12.5. The van der Waals surface area contributed by atoms with Crippen molar-refractivity contribution in [2.75, 3.05) is 18.4 Å². The molecule has 0 saturated carbocycles. The summed E-state index contributed by atoms with van der Waals surface area (Å²) < 4.78 is 1.51. The van der Waals surface area contributed by atoms with Crippen LogP contribution in [-0.4, -0.2) is 50.0 Å². The van der Waals surface area contributed by atoms with Crippen molar-refractivity contribution in [3.63, 3.8) is 0 Å². The van der Waals surface area contributed by atoms with Gasteiger partial charge < -0.3 is 10.2 Å². The predicted octanol–water partition coefficient (Wildman–Crippen LogP) is 1.11. The zero-order valence-corrected chi connectivity index (χ0v) is 13.7. The second kappa shape index (κ2) is 6.77. The first-order chi connectivity index (χ1) is 11.5. The molecule has 1 atom stereocenters. The molecule has 0 bridgehead atoms. The molecule has 8 nitrogen and oxygen atoms in total. The van der Waals surface area contributed by atoms with E-state index in [1.165, 1.54) is 11.0 Å². The minimum Gasteiger partial charge on any atom is -0.342 e. The zero-order valence-electron chi connectivity index (χ0n) is 13.7. The van der Waals surface area contributed by atoms with Gasteiger partial charge in [0.1, 0.15) is 6.33 Å². The molecule has 2 heterocycles. The molecule has 1 N–H and O–H groups in total. The summed E-state index contributed by atoms with van der Waals surface area (Å²) in [6, 6.07) is 7.25. The highest BCUT2D eigenvalue weighted by Gasteiger charge is 2.34. The summed E-state index contributed by atoms with van der Waals surface area (Å²) in [5.74, 6) is -0.00793. The molecule has 126 valence electrons. The normalized spacial score (nSPS) is 17.5. The van der Waals surface area contributed by atoms with E-state index in [1.807, 2.05) is 12.1 Å². The quantitative estimate of drug-likeness (QED) is 0.887. The smallest absolute Gasteiger partial charge is 0.229 e. The minimum atomic E-state index is -0.312. The summed E-state index contributed by atoms with van der Waals surface area (Å²) in [6.45, 7) is 5.29. The van der Waals surface area contributed by atoms with Crippen molar-refractivity contribution >= 4 is 17.5 Å². The van der Waals surface area contributed by atoms with E-state index in [-0.39, 0.29) is 24.2 Å². The van der Waals surface area contributed by atoms with Gasteiger partial charge in [-0.25, -0.2) is 4.68 Å². The molecule has 0 aliphatic carbocycles. The summed E-state index contributed by atoms with van der Waals surface area (Å²) in [6.07, 6.45) is 1.76. The first-order valence-electron chi connectivity index (χ1n) is 7.95. The largest absolute Gasteiger partial charge is 0.342 e. The van der Waals surface area contributed by atoms with E-state index in [2.05, 4.69) is 34.7 Å². The molecule has 3 rings (SSSR count). The average Bonchev–Trinajstić information content (AvgIpc) is 3.18. The first kappa shape index (κ1) is 16.1. The van der Waals surface area contributed by atoms with Crippen LogP contribution in [0.25, 0.3) is 5.69 Å². The van der Waals surface area contributed by atoms with E-state index in [1.54, 1.807) is 17.0 Å². The number of nitrogens with zero attached hydrogens (tertiary/aromatic N) is 5. The molecule has 24 heavy (non-hydrogen) atoms. The number of tetrazole rings is 1. The fourth-order valence-corrected chi connectivity index (χ4v) is 2.82. The highest BCUT2D eigenvalue weighted by atomic mass is 16.2. The molecule has 1 fully saturated rings. The van der Waals surface area contributed by atoms with Crippen LogP contribution in [0.5, 0.6) is 0 Å². The van der Waals surface area contributed by atoms with Crippen LogP contribution in [0.2, 0.25) is 0 Å². The lowest BCUT2D eigenvalue weighted by Crippen LogP contribution is -2.31. The van der Waals surface area contributed by atoms with E-state index in [0.29, 0.717) is 24.7 Å². The highest BCUT2D eigenvalue weighted by molar-refractivity contribution is 5.97. The number of anilines is 1. The van der Waals surface area contributed by atoms with Crippen molar-refractivity contribution < 1.29 is 9.59 Å². The summed E-state index contributed by atoms with van der Waals surface area (Å²) >= 11 is 0. The van der Waals surface area contributed by atoms with Crippen molar-refractivity contribution in [3.8, 4) is 5.69 Å². The van der Waals surface area contributed by atoms with Crippen LogP contribution in [0.4, 0.5) is 5.69 Å². The molecule has 1 aromatic heterocycles. The number of carbonyl (C=O) groups is 2. The molecule has 0 radical (unpaired) electrons. The Bertz CT molecular complexity index is 728. The summed E-state index contributed by atoms with van der Waals surface area (Å²) in [5.41, 5.74) is 1.41. The van der Waals surface area contributed by atoms with Crippen molar-refractivity contribution in [3.05, 3.63) is 30.6 Å². The maximum Gasteiger partial charge on any atom is 0.229 e. The Hall–Kier alpha value is -2.77. The van der Waals surface area contributed by atoms with Crippen LogP contribution in [0, 0.1) is 11.8 Å². The maximum atomic E-state index is 12.5. The third-order valence-corrected chi connectivity index (χ3v) is 3.90. The third kappa shape index (κ3) is 3.58. The summed E-state index contributed by atoms with van der Waals surface area (Å²) in [5, 5.41) is 13.9. The lowest BCUT2D eigenvalue weighted by atomic mass is 10.1. The second-order valence-electron chi connectivity index (χ2n) is 6.39. The number of amides is 2. The number of hydrogen-bond donors (Lipinski definition) is 1. The predicted molar refractivity (Wildman–Crippen MR) is 87.3 cm³/mol. The first-order valence-corrected chi connectivity index (χ1v) is 7.95. The van der Waals surface area contributed by atoms with Gasteiger partial charge in [-0.15, -0.1) is 5.10 Å². The Morgan fingerprint density at radius 2 is 2.25 bits per heavy atom. The van der Waals surface area contributed by atoms with E-state index in [4.69, 9.17) is 0 Å². The van der Waals surface area contributed by atoms with Gasteiger partial charge >= 0.3 is 0 Å². The zero-order chi connectivity index (χ0) is 17.1. The molecule has 2 amide bonds. The number of aromatic nitrogens is 4. The van der Waals surface area contributed by atoms with E-state index in [0.717, 1.165) is 5.69 Å². The highest BCUT2D eigenvalue weighted by Crippen LogP contribution is 2.21. The van der Waals surface area contributed by atoms with Crippen molar-refractivity contribution in [1.29, 1.82) is 0 Å². The van der Waals surface area contributed by atoms with Gasteiger partial charge in [-0.1, -0.05) is 19.9 Å². The van der Waals surface area contributed by atoms with Gasteiger partial charge in [0, 0.05) is 25.2 Å². The van der Waals surface area contributed by atoms with Crippen molar-refractivity contribution in [2.45, 2.75) is 20.3 Å². The Morgan fingerprint density at radius 1 is 1.42 bits per heavy atom. The molecule has 2 aromatic rings. The average molecular weight is 328 g/mol. The molecule has 0 unspecified atom stereocenters. The van der Waals surface area contributed by atoms with Crippen LogP contribution in [0.15, 0.2) is 30.6 Å². The Kier molecular flexibility index (Phi) is 4.54. The molecule has 1 aliphatic heterocycles. The van der Waals surface area contributed by atoms with Gasteiger partial charge in [0.25, 0.3) is 0 Å². The van der Waals surface area contributed by atoms with Crippen molar-refractivity contribution in [2.24, 2.45) is 11.8 Å². The van der Waals surface area contributed by atoms with Gasteiger partial charge in [0.2, 0.25) is 11.8 Å². The standard InChI is InChI=1S/C16H20N6O2/c1-11(2)8-21-9-12(6-15(21)23)16(24)18-13-4-3-5-14(7-13)22-10-17-19-20-22/h3-5,7,10-12H,6,8-9H2,1-2H3,(H,18,24)/t12-/m1/s1. The molecule has 1 aromatic carbocycles. The Labute approximate surface area is 139 Å². The third-order valence-electron chi connectivity index (χ3n) is 3.90. The van der Waals surface area contributed by atoms with Crippen LogP contribution in [0.3, 0.4) is 0 Å². The molecule has 8 heteroatoms. The lowest BCUT2D eigenvalue weighted by Gasteiger charge is -2.18. The number of likely N-dealkylation sites (tertiary alicyclic amines) is 1. The van der Waals surface area contributed by atoms with E-state index >= 15 is 0 Å². The Morgan fingerprint density at radius 3 is 2.96 bits per heavy atom. The van der Waals surface area contributed by atoms with Gasteiger partial charge in [-0.05, 0) is 34.5 Å². The molecule has 1 aliphatic rings.